The second kappa shape index (κ2) is 5.32. The van der Waals surface area contributed by atoms with Crippen molar-refractivity contribution in [2.45, 2.75) is 0 Å². The molecule has 0 aliphatic rings. The third-order valence-electron chi connectivity index (χ3n) is 2.36. The molecule has 1 amide bonds. The molecule has 2 aromatic rings. The summed E-state index contributed by atoms with van der Waals surface area (Å²) in [6.07, 6.45) is 1.21. The van der Waals surface area contributed by atoms with E-state index in [1.807, 2.05) is 5.43 Å². The number of halogens is 1. The molecule has 104 valence electrons. The highest BCUT2D eigenvalue weighted by Crippen LogP contribution is 2.26. The third-order valence-corrected chi connectivity index (χ3v) is 2.36. The van der Waals surface area contributed by atoms with Gasteiger partial charge in [0.25, 0.3) is 11.6 Å². The van der Waals surface area contributed by atoms with E-state index in [-0.39, 0.29) is 17.1 Å². The Kier molecular flexibility index (Phi) is 3.57. The van der Waals surface area contributed by atoms with Crippen LogP contribution in [0.5, 0.6) is 0 Å². The van der Waals surface area contributed by atoms with E-state index in [2.05, 4.69) is 15.0 Å². The molecule has 9 nitrogen and oxygen atoms in total. The van der Waals surface area contributed by atoms with Crippen molar-refractivity contribution in [3.63, 3.8) is 0 Å². The zero-order chi connectivity index (χ0) is 14.7. The largest absolute Gasteiger partial charge is 0.363 e. The van der Waals surface area contributed by atoms with E-state index >= 15 is 0 Å². The number of anilines is 2. The van der Waals surface area contributed by atoms with E-state index in [9.17, 15) is 19.3 Å². The second-order valence-electron chi connectivity index (χ2n) is 3.59. The number of hydrazine groups is 1. The van der Waals surface area contributed by atoms with Crippen molar-refractivity contribution in [3.8, 4) is 0 Å². The second-order valence-corrected chi connectivity index (χ2v) is 3.59. The van der Waals surface area contributed by atoms with Crippen LogP contribution in [0.3, 0.4) is 0 Å². The van der Waals surface area contributed by atoms with Gasteiger partial charge in [0.05, 0.1) is 16.7 Å². The quantitative estimate of drug-likeness (QED) is 0.436. The molecule has 0 aliphatic carbocycles. The van der Waals surface area contributed by atoms with Gasteiger partial charge in [0, 0.05) is 6.07 Å². The number of aromatic nitrogens is 1. The Bertz CT molecular complexity index is 658. The molecule has 1 heterocycles. The van der Waals surface area contributed by atoms with E-state index in [1.54, 1.807) is 0 Å². The van der Waals surface area contributed by atoms with Crippen molar-refractivity contribution in [1.82, 2.24) is 5.16 Å². The van der Waals surface area contributed by atoms with Crippen LogP contribution in [0.15, 0.2) is 29.0 Å². The first-order valence-electron chi connectivity index (χ1n) is 5.19. The van der Waals surface area contributed by atoms with Crippen molar-refractivity contribution in [3.05, 3.63) is 46.0 Å². The van der Waals surface area contributed by atoms with Crippen LogP contribution in [0.4, 0.5) is 21.6 Å². The molecular formula is C10H8FN5O4. The number of amides is 1. The van der Waals surface area contributed by atoms with E-state index < -0.39 is 22.3 Å². The highest BCUT2D eigenvalue weighted by atomic mass is 19.1. The van der Waals surface area contributed by atoms with Crippen LogP contribution >= 0.6 is 0 Å². The average Bonchev–Trinajstić information content (AvgIpc) is 2.90. The maximum atomic E-state index is 13.4. The first-order chi connectivity index (χ1) is 9.52. The minimum absolute atomic E-state index is 0.0656. The fourth-order valence-electron chi connectivity index (χ4n) is 1.47. The molecule has 0 atom stereocenters. The first kappa shape index (κ1) is 13.4. The van der Waals surface area contributed by atoms with Crippen LogP contribution in [0.1, 0.15) is 10.4 Å². The molecule has 0 spiro atoms. The summed E-state index contributed by atoms with van der Waals surface area (Å²) in [5.74, 6) is 3.34. The molecule has 0 aliphatic heterocycles. The number of nitrogen functional groups attached to an aromatic ring is 1. The van der Waals surface area contributed by atoms with Gasteiger partial charge in [-0.1, -0.05) is 5.16 Å². The van der Waals surface area contributed by atoms with Crippen LogP contribution in [0.2, 0.25) is 0 Å². The monoisotopic (exact) mass is 281 g/mol. The van der Waals surface area contributed by atoms with E-state index in [0.29, 0.717) is 6.07 Å². The number of nitrogens with two attached hydrogens (primary N) is 1. The fourth-order valence-corrected chi connectivity index (χ4v) is 1.47. The molecule has 2 rings (SSSR count). The standard InChI is InChI=1S/C10H8FN5O4/c11-6-4-8(16(18)19)5(3-7(6)14-12)10(17)13-9-1-2-20-15-9/h1-4,14H,12H2,(H,13,15,17). The number of nitro benzene ring substituents is 1. The van der Waals surface area contributed by atoms with Gasteiger partial charge in [-0.25, -0.2) is 4.39 Å². The Morgan fingerprint density at radius 1 is 1.50 bits per heavy atom. The fraction of sp³-hybridized carbons (Fsp3) is 0. The SMILES string of the molecule is NNc1cc(C(=O)Nc2ccon2)c([N+](=O)[O-])cc1F. The summed E-state index contributed by atoms with van der Waals surface area (Å²) in [5, 5.41) is 16.5. The summed E-state index contributed by atoms with van der Waals surface area (Å²) in [6, 6.07) is 2.88. The van der Waals surface area contributed by atoms with Crippen molar-refractivity contribution < 1.29 is 18.6 Å². The Morgan fingerprint density at radius 2 is 2.25 bits per heavy atom. The summed E-state index contributed by atoms with van der Waals surface area (Å²) >= 11 is 0. The molecule has 0 saturated heterocycles. The van der Waals surface area contributed by atoms with Gasteiger partial charge in [0.15, 0.2) is 11.6 Å². The summed E-state index contributed by atoms with van der Waals surface area (Å²) < 4.78 is 17.9. The number of hydrogen-bond donors (Lipinski definition) is 3. The number of rotatable bonds is 4. The van der Waals surface area contributed by atoms with Gasteiger partial charge in [0.1, 0.15) is 11.8 Å². The molecule has 1 aromatic heterocycles. The molecule has 0 fully saturated rings. The lowest BCUT2D eigenvalue weighted by Crippen LogP contribution is -2.16. The zero-order valence-electron chi connectivity index (χ0n) is 9.79. The normalized spacial score (nSPS) is 10.1. The molecule has 20 heavy (non-hydrogen) atoms. The minimum Gasteiger partial charge on any atom is -0.363 e. The molecule has 4 N–H and O–H groups in total. The van der Waals surface area contributed by atoms with Gasteiger partial charge in [-0.3, -0.25) is 20.8 Å². The Hall–Kier alpha value is -3.01. The molecule has 0 bridgehead atoms. The van der Waals surface area contributed by atoms with Crippen LogP contribution in [-0.2, 0) is 0 Å². The van der Waals surface area contributed by atoms with E-state index in [1.165, 1.54) is 12.3 Å². The predicted molar refractivity (Wildman–Crippen MR) is 65.3 cm³/mol. The van der Waals surface area contributed by atoms with Crippen LogP contribution in [0, 0.1) is 15.9 Å². The van der Waals surface area contributed by atoms with Crippen molar-refractivity contribution >= 4 is 23.1 Å². The average molecular weight is 281 g/mol. The number of nitrogens with zero attached hydrogens (tertiary/aromatic N) is 2. The maximum Gasteiger partial charge on any atom is 0.285 e. The minimum atomic E-state index is -0.947. The number of nitrogens with one attached hydrogen (secondary N) is 2. The van der Waals surface area contributed by atoms with Crippen molar-refractivity contribution in [2.24, 2.45) is 5.84 Å². The Balaban J connectivity index is 2.42. The van der Waals surface area contributed by atoms with Gasteiger partial charge >= 0.3 is 0 Å². The maximum absolute atomic E-state index is 13.4. The number of nitro groups is 1. The van der Waals surface area contributed by atoms with Crippen LogP contribution in [0.25, 0.3) is 0 Å². The highest BCUT2D eigenvalue weighted by Gasteiger charge is 2.24. The summed E-state index contributed by atoms with van der Waals surface area (Å²) in [7, 11) is 0. The predicted octanol–water partition coefficient (Wildman–Crippen LogP) is 1.26. The Labute approximate surface area is 110 Å². The summed E-state index contributed by atoms with van der Waals surface area (Å²) in [5.41, 5.74) is 0.694. The molecular weight excluding hydrogens is 273 g/mol. The zero-order valence-corrected chi connectivity index (χ0v) is 9.79. The summed E-state index contributed by atoms with van der Waals surface area (Å²) in [4.78, 5) is 21.9. The smallest absolute Gasteiger partial charge is 0.285 e. The van der Waals surface area contributed by atoms with Gasteiger partial charge in [-0.2, -0.15) is 0 Å². The first-order valence-corrected chi connectivity index (χ1v) is 5.19. The number of carbonyl (C=O) groups excluding carboxylic acids is 1. The lowest BCUT2D eigenvalue weighted by Gasteiger charge is -2.07. The lowest BCUT2D eigenvalue weighted by molar-refractivity contribution is -0.385. The van der Waals surface area contributed by atoms with Crippen molar-refractivity contribution in [1.29, 1.82) is 0 Å². The summed E-state index contributed by atoms with van der Waals surface area (Å²) in [6.45, 7) is 0. The Morgan fingerprint density at radius 3 is 2.80 bits per heavy atom. The molecule has 10 heteroatoms. The van der Waals surface area contributed by atoms with Crippen LogP contribution < -0.4 is 16.6 Å². The lowest BCUT2D eigenvalue weighted by atomic mass is 10.1. The topological polar surface area (TPSA) is 136 Å². The number of benzene rings is 1. The van der Waals surface area contributed by atoms with Gasteiger partial charge < -0.3 is 15.3 Å². The van der Waals surface area contributed by atoms with Crippen molar-refractivity contribution in [2.75, 3.05) is 10.7 Å². The van der Waals surface area contributed by atoms with Gasteiger partial charge in [-0.05, 0) is 6.07 Å². The number of hydrogen-bond acceptors (Lipinski definition) is 7. The third kappa shape index (κ3) is 2.54. The highest BCUT2D eigenvalue weighted by molar-refractivity contribution is 6.07. The molecule has 1 aromatic carbocycles. The molecule has 0 unspecified atom stereocenters. The van der Waals surface area contributed by atoms with Crippen LogP contribution in [-0.4, -0.2) is 16.0 Å². The van der Waals surface area contributed by atoms with E-state index in [0.717, 1.165) is 6.07 Å². The van der Waals surface area contributed by atoms with Gasteiger partial charge in [-0.15, -0.1) is 0 Å². The number of carbonyl (C=O) groups is 1. The molecule has 0 radical (unpaired) electrons. The van der Waals surface area contributed by atoms with Gasteiger partial charge in [0.2, 0.25) is 0 Å². The molecule has 0 saturated carbocycles. The van der Waals surface area contributed by atoms with E-state index in [4.69, 9.17) is 5.84 Å².